The van der Waals surface area contributed by atoms with Crippen LogP contribution in [0.3, 0.4) is 0 Å². The van der Waals surface area contributed by atoms with Crippen molar-refractivity contribution in [2.45, 2.75) is 33.6 Å². The predicted molar refractivity (Wildman–Crippen MR) is 91.9 cm³/mol. The zero-order valence-electron chi connectivity index (χ0n) is 13.4. The van der Waals surface area contributed by atoms with Crippen molar-refractivity contribution in [1.29, 1.82) is 5.26 Å². The van der Waals surface area contributed by atoms with Gasteiger partial charge in [-0.1, -0.05) is 29.8 Å². The summed E-state index contributed by atoms with van der Waals surface area (Å²) in [6.07, 6.45) is 0.258. The molecule has 1 heterocycles. The van der Waals surface area contributed by atoms with Crippen molar-refractivity contribution in [2.24, 2.45) is 0 Å². The van der Waals surface area contributed by atoms with Gasteiger partial charge in [-0.05, 0) is 26.3 Å². The van der Waals surface area contributed by atoms with E-state index >= 15 is 0 Å². The number of aryl methyl sites for hydroxylation is 2. The van der Waals surface area contributed by atoms with Gasteiger partial charge in [0.25, 0.3) is 0 Å². The molecule has 0 aliphatic rings. The number of ketones is 1. The smallest absolute Gasteiger partial charge is 0.225 e. The molecule has 0 fully saturated rings. The van der Waals surface area contributed by atoms with Crippen LogP contribution < -0.4 is 5.32 Å². The van der Waals surface area contributed by atoms with E-state index in [9.17, 15) is 9.59 Å². The van der Waals surface area contributed by atoms with Gasteiger partial charge < -0.3 is 5.32 Å². The summed E-state index contributed by atoms with van der Waals surface area (Å²) in [4.78, 5) is 25.1. The van der Waals surface area contributed by atoms with E-state index < -0.39 is 0 Å². The second-order valence-corrected chi connectivity index (χ2v) is 6.66. The monoisotopic (exact) mass is 326 g/mol. The Bertz CT molecular complexity index is 783. The molecule has 1 amide bonds. The van der Waals surface area contributed by atoms with Crippen molar-refractivity contribution in [3.63, 3.8) is 0 Å². The van der Waals surface area contributed by atoms with E-state index in [-0.39, 0.29) is 24.5 Å². The lowest BCUT2D eigenvalue weighted by Crippen LogP contribution is -2.13. The molecule has 0 spiro atoms. The molecule has 0 radical (unpaired) electrons. The van der Waals surface area contributed by atoms with Crippen LogP contribution in [0, 0.1) is 32.1 Å². The zero-order chi connectivity index (χ0) is 17.0. The van der Waals surface area contributed by atoms with Crippen molar-refractivity contribution >= 4 is 28.0 Å². The van der Waals surface area contributed by atoms with Gasteiger partial charge in [0.1, 0.15) is 11.1 Å². The largest absolute Gasteiger partial charge is 0.317 e. The molecule has 0 atom stereocenters. The molecule has 5 heteroatoms. The Kier molecular flexibility index (Phi) is 5.30. The van der Waals surface area contributed by atoms with Crippen LogP contribution in [0.2, 0.25) is 0 Å². The third-order valence-corrected chi connectivity index (χ3v) is 4.83. The van der Waals surface area contributed by atoms with Crippen LogP contribution in [-0.2, 0) is 4.79 Å². The normalized spacial score (nSPS) is 10.2. The topological polar surface area (TPSA) is 70.0 Å². The molecule has 0 saturated heterocycles. The van der Waals surface area contributed by atoms with E-state index in [1.54, 1.807) is 12.1 Å². The molecule has 2 aromatic rings. The Morgan fingerprint density at radius 3 is 2.39 bits per heavy atom. The first-order valence-electron chi connectivity index (χ1n) is 7.32. The molecule has 0 aliphatic heterocycles. The van der Waals surface area contributed by atoms with E-state index in [1.807, 2.05) is 32.9 Å². The second-order valence-electron chi connectivity index (χ2n) is 5.44. The predicted octanol–water partition coefficient (Wildman–Crippen LogP) is 4.15. The number of Topliss-reactive ketones (excluding diaryl/α,β-unsaturated/α-hetero) is 1. The minimum absolute atomic E-state index is 0.0563. The molecule has 0 unspecified atom stereocenters. The van der Waals surface area contributed by atoms with E-state index in [0.29, 0.717) is 16.1 Å². The highest BCUT2D eigenvalue weighted by Crippen LogP contribution is 2.31. The molecule has 1 aromatic carbocycles. The maximum atomic E-state index is 12.1. The fourth-order valence-corrected chi connectivity index (χ4v) is 3.18. The molecule has 118 valence electrons. The highest BCUT2D eigenvalue weighted by atomic mass is 32.1. The highest BCUT2D eigenvalue weighted by Gasteiger charge is 2.15. The Morgan fingerprint density at radius 2 is 1.78 bits per heavy atom. The summed E-state index contributed by atoms with van der Waals surface area (Å²) in [5.74, 6) is -0.303. The van der Waals surface area contributed by atoms with Crippen molar-refractivity contribution in [1.82, 2.24) is 0 Å². The van der Waals surface area contributed by atoms with Gasteiger partial charge in [0.05, 0.1) is 5.56 Å². The van der Waals surface area contributed by atoms with Gasteiger partial charge in [0.2, 0.25) is 5.91 Å². The first kappa shape index (κ1) is 16.9. The quantitative estimate of drug-likeness (QED) is 0.839. The second kappa shape index (κ2) is 7.21. The summed E-state index contributed by atoms with van der Waals surface area (Å²) in [6, 6.07) is 9.42. The zero-order valence-corrected chi connectivity index (χ0v) is 14.2. The molecule has 1 N–H and O–H groups in total. The van der Waals surface area contributed by atoms with Crippen LogP contribution in [0.25, 0.3) is 0 Å². The number of carbonyl (C=O) groups excluding carboxylic acids is 2. The lowest BCUT2D eigenvalue weighted by molar-refractivity contribution is -0.116. The summed E-state index contributed by atoms with van der Waals surface area (Å²) in [7, 11) is 0. The number of hydrogen-bond donors (Lipinski definition) is 1. The number of thiophene rings is 1. The van der Waals surface area contributed by atoms with E-state index in [1.165, 1.54) is 11.3 Å². The van der Waals surface area contributed by atoms with Crippen LogP contribution in [0.15, 0.2) is 24.3 Å². The maximum absolute atomic E-state index is 12.1. The van der Waals surface area contributed by atoms with Crippen LogP contribution in [0.5, 0.6) is 0 Å². The Morgan fingerprint density at radius 1 is 1.13 bits per heavy atom. The van der Waals surface area contributed by atoms with Crippen molar-refractivity contribution in [3.05, 3.63) is 51.4 Å². The molecule has 0 aliphatic carbocycles. The van der Waals surface area contributed by atoms with Crippen molar-refractivity contribution < 1.29 is 9.59 Å². The SMILES string of the molecule is Cc1ccc(C(=O)CCC(=O)Nc2sc(C)c(C)c2C#N)cc1. The third-order valence-electron chi connectivity index (χ3n) is 3.70. The minimum Gasteiger partial charge on any atom is -0.317 e. The summed E-state index contributed by atoms with van der Waals surface area (Å²) in [5, 5.41) is 12.5. The number of benzene rings is 1. The van der Waals surface area contributed by atoms with Gasteiger partial charge in [-0.2, -0.15) is 5.26 Å². The maximum Gasteiger partial charge on any atom is 0.225 e. The molecular formula is C18H18N2O2S. The van der Waals surface area contributed by atoms with E-state index in [2.05, 4.69) is 11.4 Å². The summed E-state index contributed by atoms with van der Waals surface area (Å²) < 4.78 is 0. The van der Waals surface area contributed by atoms with Crippen LogP contribution >= 0.6 is 11.3 Å². The van der Waals surface area contributed by atoms with Crippen LogP contribution in [0.1, 0.15) is 44.8 Å². The average Bonchev–Trinajstić information content (AvgIpc) is 2.79. The fraction of sp³-hybridized carbons (Fsp3) is 0.278. The summed E-state index contributed by atoms with van der Waals surface area (Å²) in [5.41, 5.74) is 3.10. The number of carbonyl (C=O) groups is 2. The first-order valence-corrected chi connectivity index (χ1v) is 8.14. The number of nitriles is 1. The summed E-state index contributed by atoms with van der Waals surface area (Å²) >= 11 is 1.39. The molecule has 2 rings (SSSR count). The number of nitrogens with zero attached hydrogens (tertiary/aromatic N) is 1. The Hall–Kier alpha value is -2.45. The molecule has 0 bridgehead atoms. The van der Waals surface area contributed by atoms with Crippen LogP contribution in [0.4, 0.5) is 5.00 Å². The van der Waals surface area contributed by atoms with Gasteiger partial charge in [-0.15, -0.1) is 11.3 Å². The van der Waals surface area contributed by atoms with E-state index in [0.717, 1.165) is 16.0 Å². The first-order chi connectivity index (χ1) is 10.9. The highest BCUT2D eigenvalue weighted by molar-refractivity contribution is 7.16. The Balaban J connectivity index is 1.96. The van der Waals surface area contributed by atoms with E-state index in [4.69, 9.17) is 5.26 Å². The van der Waals surface area contributed by atoms with Gasteiger partial charge in [-0.3, -0.25) is 9.59 Å². The van der Waals surface area contributed by atoms with Gasteiger partial charge in [0.15, 0.2) is 5.78 Å². The lowest BCUT2D eigenvalue weighted by atomic mass is 10.0. The molecule has 0 saturated carbocycles. The van der Waals surface area contributed by atoms with Crippen LogP contribution in [-0.4, -0.2) is 11.7 Å². The number of nitrogens with one attached hydrogen (secondary N) is 1. The molecule has 23 heavy (non-hydrogen) atoms. The average molecular weight is 326 g/mol. The standard InChI is InChI=1S/C18H18N2O2S/c1-11-4-6-14(7-5-11)16(21)8-9-17(22)20-18-15(10-19)12(2)13(3)23-18/h4-7H,8-9H2,1-3H3,(H,20,22). The summed E-state index contributed by atoms with van der Waals surface area (Å²) in [6.45, 7) is 5.73. The van der Waals surface area contributed by atoms with Gasteiger partial charge >= 0.3 is 0 Å². The number of rotatable bonds is 5. The molecule has 4 nitrogen and oxygen atoms in total. The van der Waals surface area contributed by atoms with Crippen molar-refractivity contribution in [2.75, 3.05) is 5.32 Å². The minimum atomic E-state index is -0.247. The Labute approximate surface area is 139 Å². The number of anilines is 1. The van der Waals surface area contributed by atoms with Gasteiger partial charge in [0, 0.05) is 23.3 Å². The van der Waals surface area contributed by atoms with Crippen molar-refractivity contribution in [3.8, 4) is 6.07 Å². The third kappa shape index (κ3) is 4.05. The number of amides is 1. The van der Waals surface area contributed by atoms with Gasteiger partial charge in [-0.25, -0.2) is 0 Å². The molecular weight excluding hydrogens is 308 g/mol. The lowest BCUT2D eigenvalue weighted by Gasteiger charge is -2.04. The number of hydrogen-bond acceptors (Lipinski definition) is 4. The fourth-order valence-electron chi connectivity index (χ4n) is 2.15. The molecule has 1 aromatic heterocycles.